The second kappa shape index (κ2) is 5.96. The highest BCUT2D eigenvalue weighted by atomic mass is 16.6. The van der Waals surface area contributed by atoms with Gasteiger partial charge in [-0.2, -0.15) is 0 Å². The lowest BCUT2D eigenvalue weighted by molar-refractivity contribution is -0.385. The predicted octanol–water partition coefficient (Wildman–Crippen LogP) is 2.64. The van der Waals surface area contributed by atoms with Gasteiger partial charge in [-0.25, -0.2) is 0 Å². The first-order valence-corrected chi connectivity index (χ1v) is 6.98. The van der Waals surface area contributed by atoms with Crippen LogP contribution in [0.4, 0.5) is 11.4 Å². The van der Waals surface area contributed by atoms with Crippen LogP contribution >= 0.6 is 0 Å². The predicted molar refractivity (Wildman–Crippen MR) is 83.3 cm³/mol. The number of hydrogen-bond acceptors (Lipinski definition) is 5. The summed E-state index contributed by atoms with van der Waals surface area (Å²) in [7, 11) is 1.35. The summed E-state index contributed by atoms with van der Waals surface area (Å²) in [4.78, 5) is 24.8. The number of amides is 1. The minimum atomic E-state index is -0.567. The van der Waals surface area contributed by atoms with E-state index in [2.05, 4.69) is 0 Å². The topological polar surface area (TPSA) is 81.9 Å². The normalized spacial score (nSPS) is 13.0. The molecule has 0 bridgehead atoms. The van der Waals surface area contributed by atoms with Crippen LogP contribution in [0, 0.1) is 10.1 Å². The summed E-state index contributed by atoms with van der Waals surface area (Å²) in [6.45, 7) is 0.761. The average molecular weight is 314 g/mol. The smallest absolute Gasteiger partial charge is 0.311 e. The van der Waals surface area contributed by atoms with E-state index in [1.807, 2.05) is 12.1 Å². The lowest BCUT2D eigenvalue weighted by atomic mass is 10.1. The Labute approximate surface area is 132 Å². The zero-order valence-corrected chi connectivity index (χ0v) is 12.4. The summed E-state index contributed by atoms with van der Waals surface area (Å²) in [6, 6.07) is 11.4. The van der Waals surface area contributed by atoms with Crippen LogP contribution in [0.3, 0.4) is 0 Å². The van der Waals surface area contributed by atoms with E-state index in [-0.39, 0.29) is 22.9 Å². The van der Waals surface area contributed by atoms with E-state index < -0.39 is 4.92 Å². The molecule has 0 unspecified atom stereocenters. The van der Waals surface area contributed by atoms with E-state index in [1.54, 1.807) is 17.0 Å². The molecule has 0 spiro atoms. The van der Waals surface area contributed by atoms with Gasteiger partial charge in [0.1, 0.15) is 12.4 Å². The van der Waals surface area contributed by atoms with E-state index in [0.717, 1.165) is 0 Å². The number of para-hydroxylation sites is 2. The number of benzene rings is 2. The summed E-state index contributed by atoms with van der Waals surface area (Å²) < 4.78 is 10.5. The van der Waals surface area contributed by atoms with Crippen molar-refractivity contribution in [1.29, 1.82) is 0 Å². The lowest BCUT2D eigenvalue weighted by Crippen LogP contribution is -2.37. The molecule has 1 aliphatic heterocycles. The Morgan fingerprint density at radius 2 is 2.09 bits per heavy atom. The van der Waals surface area contributed by atoms with Gasteiger partial charge in [0.2, 0.25) is 0 Å². The number of fused-ring (bicyclic) bond motifs is 1. The Kier molecular flexibility index (Phi) is 3.84. The van der Waals surface area contributed by atoms with Gasteiger partial charge in [-0.15, -0.1) is 0 Å². The first-order chi connectivity index (χ1) is 11.1. The van der Waals surface area contributed by atoms with Crippen LogP contribution in [0.25, 0.3) is 0 Å². The molecule has 23 heavy (non-hydrogen) atoms. The van der Waals surface area contributed by atoms with Crippen molar-refractivity contribution in [2.45, 2.75) is 0 Å². The standard InChI is InChI=1S/C16H14N2O5/c1-22-14-7-6-11(10-13(14)18(20)21)16(19)17-8-9-23-15-5-3-2-4-12(15)17/h2-7,10H,8-9H2,1H3. The van der Waals surface area contributed by atoms with Crippen molar-refractivity contribution in [2.24, 2.45) is 0 Å². The van der Waals surface area contributed by atoms with Gasteiger partial charge in [-0.1, -0.05) is 12.1 Å². The molecule has 3 rings (SSSR count). The Morgan fingerprint density at radius 3 is 2.83 bits per heavy atom. The number of ether oxygens (including phenoxy) is 2. The van der Waals surface area contributed by atoms with Crippen LogP contribution in [-0.4, -0.2) is 31.1 Å². The summed E-state index contributed by atoms with van der Waals surface area (Å²) >= 11 is 0. The number of anilines is 1. The maximum Gasteiger partial charge on any atom is 0.311 e. The molecule has 0 aromatic heterocycles. The number of nitro benzene ring substituents is 1. The number of carbonyl (C=O) groups is 1. The minimum Gasteiger partial charge on any atom is -0.490 e. The SMILES string of the molecule is COc1ccc(C(=O)N2CCOc3ccccc32)cc1[N+](=O)[O-]. The van der Waals surface area contributed by atoms with Crippen molar-refractivity contribution >= 4 is 17.3 Å². The van der Waals surface area contributed by atoms with Gasteiger partial charge in [0.05, 0.1) is 24.3 Å². The maximum atomic E-state index is 12.7. The van der Waals surface area contributed by atoms with Gasteiger partial charge in [0, 0.05) is 11.6 Å². The minimum absolute atomic E-state index is 0.119. The van der Waals surface area contributed by atoms with Crippen LogP contribution in [0.5, 0.6) is 11.5 Å². The Hall–Kier alpha value is -3.09. The molecule has 2 aromatic carbocycles. The molecule has 7 heteroatoms. The number of hydrogen-bond donors (Lipinski definition) is 0. The molecule has 0 saturated carbocycles. The first kappa shape index (κ1) is 14.8. The zero-order valence-electron chi connectivity index (χ0n) is 12.4. The van der Waals surface area contributed by atoms with Crippen LogP contribution in [0.2, 0.25) is 0 Å². The third kappa shape index (κ3) is 2.68. The summed E-state index contributed by atoms with van der Waals surface area (Å²) in [5, 5.41) is 11.1. The van der Waals surface area contributed by atoms with Crippen molar-refractivity contribution < 1.29 is 19.2 Å². The van der Waals surface area contributed by atoms with Crippen molar-refractivity contribution in [2.75, 3.05) is 25.2 Å². The van der Waals surface area contributed by atoms with Crippen molar-refractivity contribution in [3.63, 3.8) is 0 Å². The van der Waals surface area contributed by atoms with Crippen LogP contribution in [0.1, 0.15) is 10.4 Å². The fourth-order valence-electron chi connectivity index (χ4n) is 2.50. The van der Waals surface area contributed by atoms with E-state index in [1.165, 1.54) is 25.3 Å². The molecule has 2 aromatic rings. The van der Waals surface area contributed by atoms with Gasteiger partial charge in [0.15, 0.2) is 5.75 Å². The van der Waals surface area contributed by atoms with Gasteiger partial charge in [0.25, 0.3) is 5.91 Å². The highest BCUT2D eigenvalue weighted by Crippen LogP contribution is 2.33. The zero-order chi connectivity index (χ0) is 16.4. The van der Waals surface area contributed by atoms with Gasteiger partial charge < -0.3 is 14.4 Å². The maximum absolute atomic E-state index is 12.7. The van der Waals surface area contributed by atoms with Crippen molar-refractivity contribution in [3.05, 3.63) is 58.1 Å². The summed E-state index contributed by atoms with van der Waals surface area (Å²) in [5.41, 5.74) is 0.649. The second-order valence-corrected chi connectivity index (χ2v) is 4.92. The van der Waals surface area contributed by atoms with Crippen molar-refractivity contribution in [1.82, 2.24) is 0 Å². The summed E-state index contributed by atoms with van der Waals surface area (Å²) in [6.07, 6.45) is 0. The van der Waals surface area contributed by atoms with Crippen LogP contribution in [0.15, 0.2) is 42.5 Å². The third-order valence-electron chi connectivity index (χ3n) is 3.60. The largest absolute Gasteiger partial charge is 0.490 e. The Balaban J connectivity index is 1.99. The molecule has 0 fully saturated rings. The quantitative estimate of drug-likeness (QED) is 0.642. The first-order valence-electron chi connectivity index (χ1n) is 6.98. The number of rotatable bonds is 3. The molecule has 0 N–H and O–H groups in total. The molecular weight excluding hydrogens is 300 g/mol. The molecule has 7 nitrogen and oxygen atoms in total. The number of nitrogens with zero attached hydrogens (tertiary/aromatic N) is 2. The lowest BCUT2D eigenvalue weighted by Gasteiger charge is -2.29. The van der Waals surface area contributed by atoms with Gasteiger partial charge >= 0.3 is 5.69 Å². The third-order valence-corrected chi connectivity index (χ3v) is 3.60. The van der Waals surface area contributed by atoms with E-state index in [4.69, 9.17) is 9.47 Å². The Morgan fingerprint density at radius 1 is 1.30 bits per heavy atom. The van der Waals surface area contributed by atoms with Gasteiger partial charge in [-0.3, -0.25) is 14.9 Å². The molecule has 0 radical (unpaired) electrons. The fourth-order valence-corrected chi connectivity index (χ4v) is 2.50. The molecule has 0 saturated heterocycles. The number of methoxy groups -OCH3 is 1. The number of carbonyl (C=O) groups excluding carboxylic acids is 1. The second-order valence-electron chi connectivity index (χ2n) is 4.92. The van der Waals surface area contributed by atoms with E-state index >= 15 is 0 Å². The molecule has 1 aliphatic rings. The molecule has 118 valence electrons. The molecule has 1 heterocycles. The summed E-state index contributed by atoms with van der Waals surface area (Å²) in [5.74, 6) is 0.426. The van der Waals surface area contributed by atoms with Crippen molar-refractivity contribution in [3.8, 4) is 11.5 Å². The van der Waals surface area contributed by atoms with E-state index in [0.29, 0.717) is 24.6 Å². The van der Waals surface area contributed by atoms with Crippen LogP contribution in [-0.2, 0) is 0 Å². The monoisotopic (exact) mass is 314 g/mol. The Bertz CT molecular complexity index is 775. The average Bonchev–Trinajstić information content (AvgIpc) is 2.60. The highest BCUT2D eigenvalue weighted by Gasteiger charge is 2.26. The fraction of sp³-hybridized carbons (Fsp3) is 0.188. The molecular formula is C16H14N2O5. The highest BCUT2D eigenvalue weighted by molar-refractivity contribution is 6.07. The molecule has 1 amide bonds. The molecule has 0 aliphatic carbocycles. The van der Waals surface area contributed by atoms with Crippen LogP contribution < -0.4 is 14.4 Å². The molecule has 0 atom stereocenters. The van der Waals surface area contributed by atoms with E-state index in [9.17, 15) is 14.9 Å². The van der Waals surface area contributed by atoms with Gasteiger partial charge in [-0.05, 0) is 24.3 Å². The number of nitro groups is 1.